The van der Waals surface area contributed by atoms with E-state index in [4.69, 9.17) is 0 Å². The monoisotopic (exact) mass is 455 g/mol. The lowest BCUT2D eigenvalue weighted by molar-refractivity contribution is -0.135. The number of anilines is 1. The quantitative estimate of drug-likeness (QED) is 0.671. The van der Waals surface area contributed by atoms with Crippen LogP contribution in [0.3, 0.4) is 0 Å². The Balaban J connectivity index is 1.34. The third kappa shape index (κ3) is 4.67. The number of benzene rings is 1. The number of hydrogen-bond acceptors (Lipinski definition) is 6. The van der Waals surface area contributed by atoms with Crippen LogP contribution < -0.4 is 10.6 Å². The van der Waals surface area contributed by atoms with Crippen LogP contribution in [-0.4, -0.2) is 45.0 Å². The van der Waals surface area contributed by atoms with Crippen molar-refractivity contribution < 1.29 is 14.4 Å². The van der Waals surface area contributed by atoms with Crippen LogP contribution in [0.15, 0.2) is 30.3 Å². The first-order valence-corrected chi connectivity index (χ1v) is 11.8. The lowest BCUT2D eigenvalue weighted by Crippen LogP contribution is -2.50. The van der Waals surface area contributed by atoms with Gasteiger partial charge in [-0.15, -0.1) is 10.2 Å². The van der Waals surface area contributed by atoms with Crippen LogP contribution >= 0.6 is 11.3 Å². The van der Waals surface area contributed by atoms with E-state index in [1.54, 1.807) is 0 Å². The second-order valence-corrected chi connectivity index (χ2v) is 10.8. The number of nitrogens with one attached hydrogen (secondary N) is 2. The maximum Gasteiger partial charge on any atom is 0.325 e. The Morgan fingerprint density at radius 2 is 1.88 bits per heavy atom. The topological polar surface area (TPSA) is 104 Å². The van der Waals surface area contributed by atoms with Crippen molar-refractivity contribution in [3.05, 3.63) is 40.9 Å². The fraction of sp³-hybridized carbons (Fsp3) is 0.522. The summed E-state index contributed by atoms with van der Waals surface area (Å²) in [7, 11) is 0. The standard InChI is InChI=1S/C23H29N5O3S/c1-22(2,3)16-9-11-23(12-10-16)19(30)28(21(31)25-23)14-17(29)24-20-27-26-18(32-20)13-15-7-5-4-6-8-15/h4-8,16H,9-14H2,1-3H3,(H,25,31)(H,24,27,29). The number of amides is 4. The molecule has 2 fully saturated rings. The van der Waals surface area contributed by atoms with E-state index in [0.717, 1.165) is 28.3 Å². The van der Waals surface area contributed by atoms with Gasteiger partial charge in [-0.1, -0.05) is 62.4 Å². The Hall–Kier alpha value is -2.81. The highest BCUT2D eigenvalue weighted by molar-refractivity contribution is 7.15. The number of imide groups is 1. The molecule has 1 spiro atoms. The minimum Gasteiger partial charge on any atom is -0.323 e. The van der Waals surface area contributed by atoms with E-state index in [2.05, 4.69) is 41.6 Å². The summed E-state index contributed by atoms with van der Waals surface area (Å²) in [5.74, 6) is -0.249. The Labute approximate surface area is 191 Å². The van der Waals surface area contributed by atoms with Crippen molar-refractivity contribution in [2.45, 2.75) is 58.4 Å². The number of nitrogens with zero attached hydrogens (tertiary/aromatic N) is 3. The highest BCUT2D eigenvalue weighted by atomic mass is 32.1. The molecule has 0 unspecified atom stereocenters. The molecular weight excluding hydrogens is 426 g/mol. The summed E-state index contributed by atoms with van der Waals surface area (Å²) in [4.78, 5) is 39.2. The second-order valence-electron chi connectivity index (χ2n) is 9.76. The molecule has 0 radical (unpaired) electrons. The van der Waals surface area contributed by atoms with E-state index >= 15 is 0 Å². The molecule has 2 aliphatic rings. The van der Waals surface area contributed by atoms with E-state index in [9.17, 15) is 14.4 Å². The van der Waals surface area contributed by atoms with Crippen LogP contribution in [0.1, 0.15) is 57.0 Å². The second kappa shape index (κ2) is 8.61. The largest absolute Gasteiger partial charge is 0.325 e. The third-order valence-electron chi connectivity index (χ3n) is 6.52. The molecule has 4 amide bonds. The fourth-order valence-corrected chi connectivity index (χ4v) is 5.37. The van der Waals surface area contributed by atoms with Crippen molar-refractivity contribution >= 4 is 34.3 Å². The number of rotatable bonds is 5. The van der Waals surface area contributed by atoms with E-state index in [-0.39, 0.29) is 17.9 Å². The van der Waals surface area contributed by atoms with Crippen LogP contribution in [0, 0.1) is 11.3 Å². The van der Waals surface area contributed by atoms with Crippen LogP contribution in [-0.2, 0) is 16.0 Å². The third-order valence-corrected chi connectivity index (χ3v) is 7.36. The fourth-order valence-electron chi connectivity index (χ4n) is 4.58. The Kier molecular flexibility index (Phi) is 6.03. The van der Waals surface area contributed by atoms with E-state index in [0.29, 0.717) is 30.3 Å². The van der Waals surface area contributed by atoms with Gasteiger partial charge in [0.25, 0.3) is 5.91 Å². The first-order valence-electron chi connectivity index (χ1n) is 11.0. The summed E-state index contributed by atoms with van der Waals surface area (Å²) in [6.07, 6.45) is 3.60. The molecule has 1 aromatic carbocycles. The van der Waals surface area contributed by atoms with Gasteiger partial charge in [0.2, 0.25) is 11.0 Å². The SMILES string of the molecule is CC(C)(C)C1CCC2(CC1)NC(=O)N(CC(=O)Nc1nnc(Cc3ccccc3)s1)C2=O. The molecule has 9 heteroatoms. The van der Waals surface area contributed by atoms with E-state index in [1.165, 1.54) is 11.3 Å². The maximum atomic E-state index is 13.1. The highest BCUT2D eigenvalue weighted by Gasteiger charge is 2.53. The van der Waals surface area contributed by atoms with Gasteiger partial charge in [-0.2, -0.15) is 0 Å². The molecule has 1 aliphatic carbocycles. The van der Waals surface area contributed by atoms with Crippen molar-refractivity contribution in [2.75, 3.05) is 11.9 Å². The summed E-state index contributed by atoms with van der Waals surface area (Å²) >= 11 is 1.28. The van der Waals surface area contributed by atoms with Crippen LogP contribution in [0.5, 0.6) is 0 Å². The first-order chi connectivity index (χ1) is 15.2. The molecule has 0 bridgehead atoms. The summed E-state index contributed by atoms with van der Waals surface area (Å²) in [5.41, 5.74) is 0.408. The number of carbonyl (C=O) groups excluding carboxylic acids is 3. The van der Waals surface area contributed by atoms with Crippen molar-refractivity contribution in [2.24, 2.45) is 11.3 Å². The van der Waals surface area contributed by atoms with Gasteiger partial charge in [-0.3, -0.25) is 19.8 Å². The van der Waals surface area contributed by atoms with Crippen molar-refractivity contribution in [1.29, 1.82) is 0 Å². The first kappa shape index (κ1) is 22.4. The smallest absolute Gasteiger partial charge is 0.323 e. The molecule has 170 valence electrons. The summed E-state index contributed by atoms with van der Waals surface area (Å²) in [6, 6.07) is 9.37. The lowest BCUT2D eigenvalue weighted by atomic mass is 9.67. The number of carbonyl (C=O) groups is 3. The molecule has 2 N–H and O–H groups in total. The van der Waals surface area contributed by atoms with Crippen molar-refractivity contribution in [3.8, 4) is 0 Å². The molecule has 1 saturated carbocycles. The van der Waals surface area contributed by atoms with Crippen molar-refractivity contribution in [3.63, 3.8) is 0 Å². The Bertz CT molecular complexity index is 1010. The number of hydrogen-bond donors (Lipinski definition) is 2. The zero-order chi connectivity index (χ0) is 22.9. The molecule has 2 aromatic rings. The zero-order valence-corrected chi connectivity index (χ0v) is 19.5. The lowest BCUT2D eigenvalue weighted by Gasteiger charge is -2.40. The van der Waals surface area contributed by atoms with Gasteiger partial charge in [-0.25, -0.2) is 4.79 Å². The molecule has 2 heterocycles. The molecule has 0 atom stereocenters. The molecule has 1 aliphatic heterocycles. The van der Waals surface area contributed by atoms with E-state index < -0.39 is 17.5 Å². The van der Waals surface area contributed by atoms with Gasteiger partial charge in [0.15, 0.2) is 0 Å². The normalized spacial score (nSPS) is 23.5. The van der Waals surface area contributed by atoms with Gasteiger partial charge in [0, 0.05) is 6.42 Å². The van der Waals surface area contributed by atoms with Gasteiger partial charge in [0.05, 0.1) is 0 Å². The van der Waals surface area contributed by atoms with Gasteiger partial charge in [0.1, 0.15) is 17.1 Å². The number of urea groups is 1. The number of aromatic nitrogens is 2. The highest BCUT2D eigenvalue weighted by Crippen LogP contribution is 2.43. The van der Waals surface area contributed by atoms with E-state index in [1.807, 2.05) is 30.3 Å². The molecule has 8 nitrogen and oxygen atoms in total. The average Bonchev–Trinajstić information content (AvgIpc) is 3.26. The Morgan fingerprint density at radius 3 is 2.53 bits per heavy atom. The Morgan fingerprint density at radius 1 is 1.19 bits per heavy atom. The molecule has 1 saturated heterocycles. The summed E-state index contributed by atoms with van der Waals surface area (Å²) in [6.45, 7) is 6.29. The predicted molar refractivity (Wildman–Crippen MR) is 122 cm³/mol. The van der Waals surface area contributed by atoms with Gasteiger partial charge < -0.3 is 5.32 Å². The predicted octanol–water partition coefficient (Wildman–Crippen LogP) is 3.59. The molecule has 1 aromatic heterocycles. The maximum absolute atomic E-state index is 13.1. The minimum atomic E-state index is -0.870. The van der Waals surface area contributed by atoms with Crippen LogP contribution in [0.25, 0.3) is 0 Å². The average molecular weight is 456 g/mol. The van der Waals surface area contributed by atoms with Crippen LogP contribution in [0.2, 0.25) is 0 Å². The summed E-state index contributed by atoms with van der Waals surface area (Å²) in [5, 5.41) is 14.8. The molecule has 4 rings (SSSR count). The van der Waals surface area contributed by atoms with Gasteiger partial charge >= 0.3 is 6.03 Å². The molecular formula is C23H29N5O3S. The van der Waals surface area contributed by atoms with Gasteiger partial charge in [-0.05, 0) is 42.6 Å². The van der Waals surface area contributed by atoms with Crippen LogP contribution in [0.4, 0.5) is 9.93 Å². The summed E-state index contributed by atoms with van der Waals surface area (Å²) < 4.78 is 0. The van der Waals surface area contributed by atoms with Crippen molar-refractivity contribution in [1.82, 2.24) is 20.4 Å². The zero-order valence-electron chi connectivity index (χ0n) is 18.7. The minimum absolute atomic E-state index is 0.175. The molecule has 32 heavy (non-hydrogen) atoms.